The fraction of sp³-hybridized carbons (Fsp3) is 0.277. The molecule has 5 aromatic carbocycles. The van der Waals surface area contributed by atoms with Crippen molar-refractivity contribution in [2.45, 2.75) is 113 Å². The maximum atomic E-state index is 13.3. The number of benzene rings is 5. The lowest BCUT2D eigenvalue weighted by atomic mass is 9.77. The Labute approximate surface area is 828 Å². The number of aliphatic imine (C=N–C) groups is 5. The Morgan fingerprint density at radius 3 is 1.35 bits per heavy atom. The van der Waals surface area contributed by atoms with Crippen LogP contribution in [0.4, 0.5) is 0 Å². The topological polar surface area (TPSA) is 484 Å². The SMILES string of the molecule is CN1C(=O)C[C@@](C)(c2cc(-c3cncc(C#N)c3)cs2)N=C1N.CN1C(=O)C[C@@](C)(c2cc(Br)c(-c3cncc(C#N)c3)s2)N=C1N.COc1ccc([C@@H]2C(=O)N(C)C(N)=N[C@]2(C)c2cc(-c3cccc(C#N)c3)cs2)cc1.COc1ccc([C@H]2C(=O)N(C)C(N)=N[C@]2(C)c2cc(-c3cccc(C#N)c3)cs2)cc1.Cc1nn(-c2ccccc2)nc1C(=O)N1CCCC([C@]2(C)CC(=O)N(C)C(N)=N2)C1. The molecule has 12 aromatic rings. The molecule has 8 atom stereocenters. The van der Waals surface area contributed by atoms with Crippen LogP contribution in [0.1, 0.15) is 148 Å². The van der Waals surface area contributed by atoms with Crippen molar-refractivity contribution in [2.75, 3.05) is 62.5 Å². The Hall–Kier alpha value is -15.5. The van der Waals surface area contributed by atoms with E-state index in [0.717, 1.165) is 109 Å². The second-order valence-electron chi connectivity index (χ2n) is 34.9. The number of thiophene rings is 4. The van der Waals surface area contributed by atoms with Crippen molar-refractivity contribution < 1.29 is 38.2 Å². The molecule has 708 valence electrons. The summed E-state index contributed by atoms with van der Waals surface area (Å²) in [6.45, 7) is 12.6. The second-order valence-corrected chi connectivity index (χ2v) is 39.6. The minimum Gasteiger partial charge on any atom is -0.497 e. The van der Waals surface area contributed by atoms with Crippen LogP contribution in [0.2, 0.25) is 0 Å². The van der Waals surface area contributed by atoms with Crippen molar-refractivity contribution in [3.63, 3.8) is 0 Å². The summed E-state index contributed by atoms with van der Waals surface area (Å²) in [5.41, 5.74) is 38.4. The average Bonchev–Trinajstić information content (AvgIpc) is 1.67. The molecule has 18 rings (SSSR count). The molecule has 0 aliphatic carbocycles. The van der Waals surface area contributed by atoms with Crippen LogP contribution in [0.25, 0.3) is 49.5 Å². The molecule has 6 amide bonds. The number of piperidine rings is 1. The van der Waals surface area contributed by atoms with Gasteiger partial charge in [0.2, 0.25) is 29.5 Å². The highest BCUT2D eigenvalue weighted by molar-refractivity contribution is 9.10. The van der Waals surface area contributed by atoms with Crippen LogP contribution >= 0.6 is 61.3 Å². The van der Waals surface area contributed by atoms with Gasteiger partial charge in [-0.05, 0) is 222 Å². The van der Waals surface area contributed by atoms with Crippen LogP contribution in [0.3, 0.4) is 0 Å². The second kappa shape index (κ2) is 41.2. The first kappa shape index (κ1) is 99.5. The van der Waals surface area contributed by atoms with E-state index in [1.165, 1.54) is 87.0 Å². The van der Waals surface area contributed by atoms with Crippen LogP contribution in [-0.2, 0) is 46.1 Å². The van der Waals surface area contributed by atoms with E-state index in [0.29, 0.717) is 53.2 Å². The number of aromatic nitrogens is 5. The van der Waals surface area contributed by atoms with Gasteiger partial charge in [-0.15, -0.1) is 50.4 Å². The van der Waals surface area contributed by atoms with Crippen molar-refractivity contribution in [3.8, 4) is 85.3 Å². The number of likely N-dealkylation sites (tertiary alicyclic amines) is 1. The van der Waals surface area contributed by atoms with E-state index >= 15 is 0 Å². The maximum Gasteiger partial charge on any atom is 0.276 e. The number of halogens is 1. The summed E-state index contributed by atoms with van der Waals surface area (Å²) < 4.78 is 11.4. The average molecular weight is 2000 g/mol. The van der Waals surface area contributed by atoms with E-state index in [9.17, 15) is 39.3 Å². The summed E-state index contributed by atoms with van der Waals surface area (Å²) in [5.74, 6) is 0.971. The third kappa shape index (κ3) is 21.0. The van der Waals surface area contributed by atoms with Gasteiger partial charge in [0.05, 0.1) is 102 Å². The fourth-order valence-electron chi connectivity index (χ4n) is 17.0. The van der Waals surface area contributed by atoms with Gasteiger partial charge in [0.1, 0.15) is 45.8 Å². The highest BCUT2D eigenvalue weighted by atomic mass is 79.9. The zero-order chi connectivity index (χ0) is 99.9. The standard InChI is InChI=1S/2C24H22N4O2S.C21H27N7O2.C16H14BrN5OS.C16H15N5OS/c2*1-24(20-12-18(14-31-20)17-6-4-5-15(11-17)13-25)21(22(29)28(2)23(26)27-24)16-7-9-19(30-3)10-8-16;1-14-18(25-28(24-14)16-9-5-4-6-10-16)19(30)27-11-7-8-15(13-27)21(2)12-17(29)26(3)20(22)23-21;1-16(5-13(23)22(2)15(19)21-16)12-4-11(17)14(24-12)10-3-9(6-18)7-20-8-10;1-16(5-14(22)21(2)15(18)20-16)13-4-12(9-23-13)11-3-10(6-17)7-19-8-11/h2*4-12,14,21H,1-3H3,(H2,26,27);4-6,9-10,15H,7-8,11-13H2,1-3H3,(H2,22,23);3-4,7-8H,5H2,1-2H3,(H2,19,21);3-4,7-9H,5H2,1-2H3,(H2,18,20)/t21-,24+;21-,24-;15?,21-;2*16-/m01000/s1. The number of amides is 6. The number of carbonyl (C=O) groups excluding carboxylic acids is 6. The van der Waals surface area contributed by atoms with Gasteiger partial charge in [0.25, 0.3) is 5.91 Å². The first-order chi connectivity index (χ1) is 66.3. The number of likely N-dealkylation sites (N-methyl/N-ethyl adjacent to an activating group) is 2. The lowest BCUT2D eigenvalue weighted by Crippen LogP contribution is -2.54. The summed E-state index contributed by atoms with van der Waals surface area (Å²) in [6, 6.07) is 59.5. The monoisotopic (exact) mass is 2000 g/mol. The quantitative estimate of drug-likeness (QED) is 0.0636. The van der Waals surface area contributed by atoms with E-state index in [1.54, 1.807) is 97.9 Å². The number of methoxy groups -OCH3 is 2. The molecule has 139 heavy (non-hydrogen) atoms. The molecule has 38 heteroatoms. The molecule has 0 spiro atoms. The van der Waals surface area contributed by atoms with Gasteiger partial charge < -0.3 is 43.0 Å². The van der Waals surface area contributed by atoms with Crippen LogP contribution in [0.5, 0.6) is 11.5 Å². The Bertz CT molecular complexity index is 6910. The maximum absolute atomic E-state index is 13.3. The molecule has 10 N–H and O–H groups in total. The summed E-state index contributed by atoms with van der Waals surface area (Å²) in [6.07, 6.45) is 9.04. The normalized spacial score (nSPS) is 21.7. The van der Waals surface area contributed by atoms with Gasteiger partial charge in [-0.1, -0.05) is 66.7 Å². The van der Waals surface area contributed by atoms with Crippen molar-refractivity contribution in [1.82, 2.24) is 54.4 Å². The molecule has 6 aliphatic rings. The van der Waals surface area contributed by atoms with Gasteiger partial charge in [-0.25, -0.2) is 25.0 Å². The molecule has 7 aromatic heterocycles. The number of para-hydroxylation sites is 1. The zero-order valence-electron chi connectivity index (χ0n) is 78.4. The lowest BCUT2D eigenvalue weighted by molar-refractivity contribution is -0.131. The number of aryl methyl sites for hydroxylation is 1. The number of guanidine groups is 5. The molecule has 1 saturated heterocycles. The molecule has 1 unspecified atom stereocenters. The minimum atomic E-state index is -0.863. The molecule has 0 bridgehead atoms. The van der Waals surface area contributed by atoms with Crippen molar-refractivity contribution in [1.29, 1.82) is 21.0 Å². The number of pyridine rings is 2. The highest BCUT2D eigenvalue weighted by Crippen LogP contribution is 2.51. The predicted octanol–water partition coefficient (Wildman–Crippen LogP) is 14.4. The van der Waals surface area contributed by atoms with E-state index in [4.69, 9.17) is 58.7 Å². The number of nitrogens with zero attached hydrogens (tertiary/aromatic N) is 20. The molecule has 13 heterocycles. The number of hydrogen-bond acceptors (Lipinski definition) is 30. The van der Waals surface area contributed by atoms with Gasteiger partial charge in [0.15, 0.2) is 35.5 Å². The molecule has 33 nitrogen and oxygen atoms in total. The molecular weight excluding hydrogens is 1900 g/mol. The Morgan fingerprint density at radius 2 is 0.885 bits per heavy atom. The van der Waals surface area contributed by atoms with Crippen LogP contribution < -0.4 is 38.1 Å². The fourth-order valence-corrected chi connectivity index (χ4v) is 22.1. The van der Waals surface area contributed by atoms with Crippen LogP contribution in [-0.4, -0.2) is 188 Å². The first-order valence-electron chi connectivity index (χ1n) is 43.8. The lowest BCUT2D eigenvalue weighted by Gasteiger charge is -2.43. The largest absolute Gasteiger partial charge is 0.497 e. The highest BCUT2D eigenvalue weighted by Gasteiger charge is 2.51. The van der Waals surface area contributed by atoms with Gasteiger partial charge >= 0.3 is 0 Å². The number of rotatable bonds is 15. The Balaban J connectivity index is 0.000000139. The van der Waals surface area contributed by atoms with Crippen LogP contribution in [0.15, 0.2) is 234 Å². The van der Waals surface area contributed by atoms with E-state index in [-0.39, 0.29) is 84.0 Å². The summed E-state index contributed by atoms with van der Waals surface area (Å²) >= 11 is 9.66. The third-order valence-electron chi connectivity index (χ3n) is 25.4. The van der Waals surface area contributed by atoms with Gasteiger partial charge in [-0.2, -0.15) is 30.9 Å². The summed E-state index contributed by atoms with van der Waals surface area (Å²) in [4.78, 5) is 123. The number of nitrogens with two attached hydrogens (primary N) is 5. The number of nitriles is 4. The molecular formula is C101H100BrN25O8S4. The first-order valence-corrected chi connectivity index (χ1v) is 48.0. The van der Waals surface area contributed by atoms with E-state index in [1.807, 2.05) is 190 Å². The molecule has 6 aliphatic heterocycles. The van der Waals surface area contributed by atoms with Crippen molar-refractivity contribution in [2.24, 2.45) is 59.5 Å². The summed E-state index contributed by atoms with van der Waals surface area (Å²) in [7, 11) is 11.4. The zero-order valence-corrected chi connectivity index (χ0v) is 83.3. The molecule has 0 saturated carbocycles. The number of carbonyl (C=O) groups is 6. The number of ether oxygens (including phenoxy) is 2. The minimum absolute atomic E-state index is 0.0462. The van der Waals surface area contributed by atoms with Crippen LogP contribution in [0, 0.1) is 58.2 Å². The van der Waals surface area contributed by atoms with Crippen molar-refractivity contribution in [3.05, 3.63) is 273 Å². The Kier molecular flexibility index (Phi) is 29.5. The number of hydrogen-bond donors (Lipinski definition) is 5. The predicted molar refractivity (Wildman–Crippen MR) is 541 cm³/mol. The van der Waals surface area contributed by atoms with E-state index < -0.39 is 39.5 Å². The smallest absolute Gasteiger partial charge is 0.276 e. The van der Waals surface area contributed by atoms with Gasteiger partial charge in [-0.3, -0.25) is 63.2 Å². The molecule has 1 fully saturated rings. The summed E-state index contributed by atoms with van der Waals surface area (Å²) in [5, 5.41) is 51.3. The van der Waals surface area contributed by atoms with Gasteiger partial charge in [0, 0.05) is 114 Å². The van der Waals surface area contributed by atoms with E-state index in [2.05, 4.69) is 75.3 Å². The Morgan fingerprint density at radius 1 is 0.460 bits per heavy atom. The van der Waals surface area contributed by atoms with Crippen molar-refractivity contribution >= 4 is 127 Å². The third-order valence-corrected chi connectivity index (χ3v) is 31.2. The molecule has 0 radical (unpaired) electrons.